The first-order chi connectivity index (χ1) is 17.9. The molecule has 1 heterocycles. The fourth-order valence-electron chi connectivity index (χ4n) is 3.65. The molecule has 1 saturated heterocycles. The topological polar surface area (TPSA) is 103 Å². The molecule has 10 heteroatoms. The molecule has 1 atom stereocenters. The minimum Gasteiger partial charge on any atom is -0.490 e. The van der Waals surface area contributed by atoms with Gasteiger partial charge >= 0.3 is 0 Å². The number of nitrogens with one attached hydrogen (secondary N) is 2. The molecule has 3 aromatic carbocycles. The van der Waals surface area contributed by atoms with Crippen molar-refractivity contribution in [2.75, 3.05) is 11.9 Å². The lowest BCUT2D eigenvalue weighted by atomic mass is 10.1. The number of non-ortho nitro benzene ring substituents is 1. The third kappa shape index (κ3) is 6.84. The molecule has 1 aliphatic heterocycles. The Kier molecular flexibility index (Phi) is 8.73. The van der Waals surface area contributed by atoms with Gasteiger partial charge in [0.2, 0.25) is 0 Å². The molecule has 192 valence electrons. The molecular formula is C27H26BrN3O5S. The number of nitro benzene ring substituents is 1. The zero-order valence-corrected chi connectivity index (χ0v) is 22.7. The lowest BCUT2D eigenvalue weighted by Crippen LogP contribution is -2.30. The number of nitrogens with zero attached hydrogens (tertiary/aromatic N) is 1. The summed E-state index contributed by atoms with van der Waals surface area (Å²) in [5.41, 5.74) is 3.51. The van der Waals surface area contributed by atoms with Crippen molar-refractivity contribution in [2.45, 2.75) is 32.4 Å². The van der Waals surface area contributed by atoms with Crippen molar-refractivity contribution in [3.8, 4) is 11.5 Å². The Morgan fingerprint density at radius 1 is 1.08 bits per heavy atom. The van der Waals surface area contributed by atoms with E-state index in [1.807, 2.05) is 37.3 Å². The molecule has 1 aliphatic rings. The molecule has 0 radical (unpaired) electrons. The van der Waals surface area contributed by atoms with Crippen LogP contribution in [0.15, 0.2) is 70.0 Å². The molecule has 8 nitrogen and oxygen atoms in total. The molecular weight excluding hydrogens is 558 g/mol. The molecule has 37 heavy (non-hydrogen) atoms. The summed E-state index contributed by atoms with van der Waals surface area (Å²) in [7, 11) is 0. The predicted molar refractivity (Wildman–Crippen MR) is 150 cm³/mol. The maximum absolute atomic E-state index is 12.6. The van der Waals surface area contributed by atoms with E-state index in [4.69, 9.17) is 9.47 Å². The number of amides is 1. The smallest absolute Gasteiger partial charge is 0.269 e. The number of anilines is 1. The van der Waals surface area contributed by atoms with Crippen LogP contribution >= 0.6 is 27.7 Å². The number of halogens is 1. The van der Waals surface area contributed by atoms with Gasteiger partial charge in [-0.2, -0.15) is 0 Å². The van der Waals surface area contributed by atoms with E-state index in [1.165, 1.54) is 29.5 Å². The summed E-state index contributed by atoms with van der Waals surface area (Å²) in [5, 5.41) is 17.2. The summed E-state index contributed by atoms with van der Waals surface area (Å²) < 4.78 is 12.5. The van der Waals surface area contributed by atoms with Crippen LogP contribution in [0.5, 0.6) is 11.5 Å². The molecule has 1 fully saturated rings. The van der Waals surface area contributed by atoms with Gasteiger partial charge in [0, 0.05) is 17.8 Å². The molecule has 4 rings (SSSR count). The summed E-state index contributed by atoms with van der Waals surface area (Å²) in [6, 6.07) is 18.0. The van der Waals surface area contributed by atoms with Crippen molar-refractivity contribution in [2.24, 2.45) is 0 Å². The van der Waals surface area contributed by atoms with E-state index < -0.39 is 4.92 Å². The van der Waals surface area contributed by atoms with Crippen LogP contribution in [0.1, 0.15) is 30.5 Å². The molecule has 0 bridgehead atoms. The van der Waals surface area contributed by atoms with Gasteiger partial charge in [-0.3, -0.25) is 14.9 Å². The first kappa shape index (κ1) is 26.6. The fraction of sp³-hybridized carbons (Fsp3) is 0.222. The van der Waals surface area contributed by atoms with Gasteiger partial charge in [0.05, 0.1) is 20.9 Å². The van der Waals surface area contributed by atoms with Crippen LogP contribution in [-0.2, 0) is 17.8 Å². The Morgan fingerprint density at radius 3 is 2.43 bits per heavy atom. The highest BCUT2D eigenvalue weighted by Gasteiger charge is 2.27. The van der Waals surface area contributed by atoms with E-state index in [0.29, 0.717) is 27.5 Å². The molecule has 0 aliphatic carbocycles. The van der Waals surface area contributed by atoms with Crippen LogP contribution in [0.2, 0.25) is 0 Å². The number of thioether (sulfide) groups is 1. The van der Waals surface area contributed by atoms with Crippen LogP contribution in [0.25, 0.3) is 6.08 Å². The van der Waals surface area contributed by atoms with Gasteiger partial charge in [-0.05, 0) is 88.4 Å². The maximum atomic E-state index is 12.6. The average Bonchev–Trinajstić information content (AvgIpc) is 3.22. The van der Waals surface area contributed by atoms with Crippen molar-refractivity contribution < 1.29 is 19.2 Å². The number of nitro groups is 1. The van der Waals surface area contributed by atoms with Crippen molar-refractivity contribution in [3.63, 3.8) is 0 Å². The lowest BCUT2D eigenvalue weighted by molar-refractivity contribution is -0.384. The molecule has 1 amide bonds. The highest BCUT2D eigenvalue weighted by Crippen LogP contribution is 2.39. The van der Waals surface area contributed by atoms with Crippen LogP contribution in [0.4, 0.5) is 11.4 Å². The maximum Gasteiger partial charge on any atom is 0.269 e. The van der Waals surface area contributed by atoms with Gasteiger partial charge in [0.15, 0.2) is 17.0 Å². The number of hydrogen-bond donors (Lipinski definition) is 2. The predicted octanol–water partition coefficient (Wildman–Crippen LogP) is 6.50. The molecule has 2 N–H and O–H groups in total. The normalized spacial score (nSPS) is 15.9. The second-order valence-corrected chi connectivity index (χ2v) is 10.2. The quantitative estimate of drug-likeness (QED) is 0.159. The van der Waals surface area contributed by atoms with Crippen LogP contribution in [-0.4, -0.2) is 22.9 Å². The Balaban J connectivity index is 1.47. The second-order valence-electron chi connectivity index (χ2n) is 8.15. The van der Waals surface area contributed by atoms with Crippen molar-refractivity contribution in [1.29, 1.82) is 0 Å². The van der Waals surface area contributed by atoms with E-state index in [0.717, 1.165) is 23.2 Å². The largest absolute Gasteiger partial charge is 0.490 e. The van der Waals surface area contributed by atoms with Gasteiger partial charge in [-0.25, -0.2) is 0 Å². The monoisotopic (exact) mass is 583 g/mol. The van der Waals surface area contributed by atoms with Crippen LogP contribution < -0.4 is 20.1 Å². The van der Waals surface area contributed by atoms with E-state index in [1.54, 1.807) is 12.1 Å². The Labute approximate surface area is 227 Å². The molecule has 3 aromatic rings. The summed E-state index contributed by atoms with van der Waals surface area (Å²) >= 11 is 4.97. The summed E-state index contributed by atoms with van der Waals surface area (Å²) in [5.74, 6) is 0.890. The zero-order chi connectivity index (χ0) is 26.4. The van der Waals surface area contributed by atoms with Crippen LogP contribution in [0.3, 0.4) is 0 Å². The summed E-state index contributed by atoms with van der Waals surface area (Å²) in [6.45, 7) is 4.63. The first-order valence-corrected chi connectivity index (χ1v) is 13.4. The second kappa shape index (κ2) is 12.2. The Bertz CT molecular complexity index is 1310. The van der Waals surface area contributed by atoms with Crippen molar-refractivity contribution in [1.82, 2.24) is 5.32 Å². The number of hydrogen-bond acceptors (Lipinski definition) is 7. The average molecular weight is 584 g/mol. The summed E-state index contributed by atoms with van der Waals surface area (Å²) in [6.07, 6.45) is 2.79. The number of carbonyl (C=O) groups excluding carboxylic acids is 1. The van der Waals surface area contributed by atoms with E-state index >= 15 is 0 Å². The number of carbonyl (C=O) groups is 1. The fourth-order valence-corrected chi connectivity index (χ4v) is 5.21. The standard InChI is InChI=1S/C27H26BrN3O5S/c1-3-17-5-9-20(10-6-17)29-27-30-26(32)24(37-27)15-19-13-22(28)25(23(14-19)35-4-2)36-16-18-7-11-21(12-8-18)31(33)34/h5-15,27,29H,3-4,16H2,1-2H3,(H,30,32)/b24-15-/t27-/m0/s1. The first-order valence-electron chi connectivity index (χ1n) is 11.7. The number of rotatable bonds is 10. The highest BCUT2D eigenvalue weighted by atomic mass is 79.9. The SMILES string of the molecule is CCOc1cc(/C=C2\S[C@@H](Nc3ccc(CC)cc3)NC2=O)cc(Br)c1OCc1ccc([N+](=O)[O-])cc1. The Hall–Kier alpha value is -3.50. The van der Waals surface area contributed by atoms with Gasteiger partial charge in [-0.15, -0.1) is 0 Å². The lowest BCUT2D eigenvalue weighted by Gasteiger charge is -2.15. The van der Waals surface area contributed by atoms with Crippen LogP contribution in [0, 0.1) is 10.1 Å². The Morgan fingerprint density at radius 2 is 1.78 bits per heavy atom. The van der Waals surface area contributed by atoms with E-state index in [9.17, 15) is 14.9 Å². The van der Waals surface area contributed by atoms with E-state index in [-0.39, 0.29) is 23.7 Å². The van der Waals surface area contributed by atoms with Gasteiger partial charge < -0.3 is 20.1 Å². The number of benzene rings is 3. The molecule has 0 spiro atoms. The van der Waals surface area contributed by atoms with Gasteiger partial charge in [0.25, 0.3) is 11.6 Å². The third-order valence-corrected chi connectivity index (χ3v) is 7.17. The highest BCUT2D eigenvalue weighted by molar-refractivity contribution is 9.10. The number of ether oxygens (including phenoxy) is 2. The molecule has 0 aromatic heterocycles. The van der Waals surface area contributed by atoms with Gasteiger partial charge in [-0.1, -0.05) is 30.8 Å². The van der Waals surface area contributed by atoms with Crippen molar-refractivity contribution >= 4 is 51.0 Å². The summed E-state index contributed by atoms with van der Waals surface area (Å²) in [4.78, 5) is 23.6. The van der Waals surface area contributed by atoms with Gasteiger partial charge in [0.1, 0.15) is 6.61 Å². The van der Waals surface area contributed by atoms with E-state index in [2.05, 4.69) is 45.6 Å². The molecule has 0 saturated carbocycles. The molecule has 0 unspecified atom stereocenters. The third-order valence-electron chi connectivity index (χ3n) is 5.55. The van der Waals surface area contributed by atoms with Crippen molar-refractivity contribution in [3.05, 3.63) is 96.8 Å². The zero-order valence-electron chi connectivity index (χ0n) is 20.3. The number of aryl methyl sites for hydroxylation is 1. The minimum absolute atomic E-state index is 0.0259. The minimum atomic E-state index is -0.438.